The van der Waals surface area contributed by atoms with Gasteiger partial charge in [-0.1, -0.05) is 146 Å². The van der Waals surface area contributed by atoms with Crippen molar-refractivity contribution >= 4 is 107 Å². The van der Waals surface area contributed by atoms with Crippen LogP contribution in [0.5, 0.6) is 0 Å². The average molecular weight is 709 g/mol. The molecule has 0 bridgehead atoms. The van der Waals surface area contributed by atoms with Crippen molar-refractivity contribution in [2.75, 3.05) is 0 Å². The zero-order valence-corrected chi connectivity index (χ0v) is 30.0. The van der Waals surface area contributed by atoms with Crippen molar-refractivity contribution in [3.63, 3.8) is 0 Å². The molecule has 0 amide bonds. The third-order valence-corrected chi connectivity index (χ3v) is 13.3. The molecule has 12 aromatic rings. The summed E-state index contributed by atoms with van der Waals surface area (Å²) in [4.78, 5) is 0. The number of para-hydroxylation sites is 1. The highest BCUT2D eigenvalue weighted by molar-refractivity contribution is 7.26. The summed E-state index contributed by atoms with van der Waals surface area (Å²) in [5.74, 6) is 0. The number of rotatable bonds is 3. The summed E-state index contributed by atoms with van der Waals surface area (Å²) >= 11 is 3.77. The van der Waals surface area contributed by atoms with E-state index in [2.05, 4.69) is 169 Å². The first kappa shape index (κ1) is 29.3. The van der Waals surface area contributed by atoms with Crippen molar-refractivity contribution in [3.05, 3.63) is 169 Å². The quantitative estimate of drug-likeness (QED) is 0.167. The number of benzene rings is 9. The van der Waals surface area contributed by atoms with Gasteiger partial charge in [-0.15, -0.1) is 22.7 Å². The van der Waals surface area contributed by atoms with Crippen LogP contribution in [0.2, 0.25) is 0 Å². The maximum absolute atomic E-state index is 6.96. The number of hydrogen-bond donors (Lipinski definition) is 0. The summed E-state index contributed by atoms with van der Waals surface area (Å²) in [6, 6.07) is 59.9. The van der Waals surface area contributed by atoms with Gasteiger partial charge in [0.15, 0.2) is 0 Å². The Labute approximate surface area is 312 Å². The zero-order chi connectivity index (χ0) is 34.6. The summed E-state index contributed by atoms with van der Waals surface area (Å²) in [5.41, 5.74) is 9.37. The minimum absolute atomic E-state index is 0.931. The van der Waals surface area contributed by atoms with Crippen LogP contribution in [0.25, 0.3) is 118 Å². The lowest BCUT2D eigenvalue weighted by molar-refractivity contribution is 0.674. The number of thiophene rings is 2. The molecule has 3 heteroatoms. The molecule has 0 aliphatic rings. The second-order valence-corrected chi connectivity index (χ2v) is 15.9. The first-order valence-corrected chi connectivity index (χ1v) is 19.7. The van der Waals surface area contributed by atoms with E-state index >= 15 is 0 Å². The molecule has 53 heavy (non-hydrogen) atoms. The molecule has 0 aliphatic carbocycles. The molecule has 0 saturated heterocycles. The third-order valence-electron chi connectivity index (χ3n) is 11.1. The van der Waals surface area contributed by atoms with E-state index in [-0.39, 0.29) is 0 Å². The van der Waals surface area contributed by atoms with Gasteiger partial charge in [0.05, 0.1) is 0 Å². The Morgan fingerprint density at radius 2 is 1.00 bits per heavy atom. The first-order valence-electron chi connectivity index (χ1n) is 18.0. The molecule has 9 aromatic carbocycles. The summed E-state index contributed by atoms with van der Waals surface area (Å²) in [6.45, 7) is 0. The van der Waals surface area contributed by atoms with Crippen molar-refractivity contribution in [1.29, 1.82) is 0 Å². The largest absolute Gasteiger partial charge is 0.455 e. The summed E-state index contributed by atoms with van der Waals surface area (Å²) in [6.07, 6.45) is 0. The molecular weight excluding hydrogens is 681 g/mol. The molecule has 3 aromatic heterocycles. The molecular formula is C50H28OS2. The van der Waals surface area contributed by atoms with E-state index < -0.39 is 0 Å². The van der Waals surface area contributed by atoms with E-state index in [1.54, 1.807) is 0 Å². The van der Waals surface area contributed by atoms with Crippen LogP contribution in [0.3, 0.4) is 0 Å². The van der Waals surface area contributed by atoms with Gasteiger partial charge in [-0.05, 0) is 61.6 Å². The molecule has 0 saturated carbocycles. The Bertz CT molecular complexity index is 3390. The normalized spacial score (nSPS) is 12.2. The van der Waals surface area contributed by atoms with Crippen molar-refractivity contribution in [2.45, 2.75) is 0 Å². The van der Waals surface area contributed by atoms with Gasteiger partial charge in [0, 0.05) is 68.7 Å². The number of furan rings is 1. The minimum atomic E-state index is 0.931. The molecule has 0 unspecified atom stereocenters. The maximum atomic E-state index is 6.96. The van der Waals surface area contributed by atoms with Gasteiger partial charge in [-0.3, -0.25) is 0 Å². The fraction of sp³-hybridized carbons (Fsp3) is 0. The monoisotopic (exact) mass is 708 g/mol. The van der Waals surface area contributed by atoms with E-state index in [1.165, 1.54) is 85.0 Å². The molecule has 0 N–H and O–H groups in total. The van der Waals surface area contributed by atoms with Gasteiger partial charge >= 0.3 is 0 Å². The van der Waals surface area contributed by atoms with Gasteiger partial charge in [0.25, 0.3) is 0 Å². The maximum Gasteiger partial charge on any atom is 0.143 e. The lowest BCUT2D eigenvalue weighted by atomic mass is 9.84. The van der Waals surface area contributed by atoms with E-state index in [4.69, 9.17) is 4.42 Å². The fourth-order valence-electron chi connectivity index (χ4n) is 8.86. The topological polar surface area (TPSA) is 13.1 Å². The Hall–Kier alpha value is -6.26. The van der Waals surface area contributed by atoms with Crippen LogP contribution < -0.4 is 0 Å². The van der Waals surface area contributed by atoms with Crippen LogP contribution in [0.15, 0.2) is 174 Å². The summed E-state index contributed by atoms with van der Waals surface area (Å²) < 4.78 is 10.9. The van der Waals surface area contributed by atoms with E-state index in [9.17, 15) is 0 Å². The van der Waals surface area contributed by atoms with Crippen LogP contribution in [-0.4, -0.2) is 0 Å². The lowest BCUT2D eigenvalue weighted by Crippen LogP contribution is -1.92. The van der Waals surface area contributed by atoms with Crippen molar-refractivity contribution in [3.8, 4) is 33.4 Å². The smallest absolute Gasteiger partial charge is 0.143 e. The molecule has 1 nitrogen and oxygen atoms in total. The number of hydrogen-bond acceptors (Lipinski definition) is 3. The van der Waals surface area contributed by atoms with Crippen molar-refractivity contribution in [1.82, 2.24) is 0 Å². The highest BCUT2D eigenvalue weighted by atomic mass is 32.1. The average Bonchev–Trinajstić information content (AvgIpc) is 3.93. The highest BCUT2D eigenvalue weighted by Gasteiger charge is 2.25. The van der Waals surface area contributed by atoms with Crippen LogP contribution in [0.4, 0.5) is 0 Å². The Balaban J connectivity index is 1.25. The molecule has 0 fully saturated rings. The highest BCUT2D eigenvalue weighted by Crippen LogP contribution is 2.53. The van der Waals surface area contributed by atoms with Gasteiger partial charge in [0.1, 0.15) is 11.2 Å². The van der Waals surface area contributed by atoms with Gasteiger partial charge in [-0.25, -0.2) is 0 Å². The SMILES string of the molecule is c1ccc(-c2csc3c(-c4c5ccccc5c(-c5cccc6c5oc5c7ccccc7ccc65)c5ccccc45)c4c(cc23)sc2ccccc24)cc1. The third kappa shape index (κ3) is 4.12. The molecule has 0 radical (unpaired) electrons. The summed E-state index contributed by atoms with van der Waals surface area (Å²) in [5, 5.41) is 15.9. The van der Waals surface area contributed by atoms with Crippen LogP contribution in [-0.2, 0) is 0 Å². The van der Waals surface area contributed by atoms with E-state index in [1.807, 2.05) is 22.7 Å². The minimum Gasteiger partial charge on any atom is -0.455 e. The van der Waals surface area contributed by atoms with E-state index in [0.717, 1.165) is 32.9 Å². The molecule has 246 valence electrons. The van der Waals surface area contributed by atoms with Crippen LogP contribution in [0.1, 0.15) is 0 Å². The predicted octanol–water partition coefficient (Wildman–Crippen LogP) is 15.6. The Morgan fingerprint density at radius 1 is 0.377 bits per heavy atom. The van der Waals surface area contributed by atoms with E-state index in [0.29, 0.717) is 0 Å². The second-order valence-electron chi connectivity index (χ2n) is 13.9. The predicted molar refractivity (Wildman–Crippen MR) is 231 cm³/mol. The van der Waals surface area contributed by atoms with Gasteiger partial charge in [0.2, 0.25) is 0 Å². The molecule has 0 aliphatic heterocycles. The van der Waals surface area contributed by atoms with Gasteiger partial charge < -0.3 is 4.42 Å². The molecule has 3 heterocycles. The van der Waals surface area contributed by atoms with Crippen LogP contribution >= 0.6 is 22.7 Å². The van der Waals surface area contributed by atoms with Crippen molar-refractivity contribution < 1.29 is 4.42 Å². The first-order chi connectivity index (χ1) is 26.3. The van der Waals surface area contributed by atoms with Gasteiger partial charge in [-0.2, -0.15) is 0 Å². The zero-order valence-electron chi connectivity index (χ0n) is 28.4. The van der Waals surface area contributed by atoms with Crippen molar-refractivity contribution in [2.24, 2.45) is 0 Å². The fourth-order valence-corrected chi connectivity index (χ4v) is 11.1. The summed E-state index contributed by atoms with van der Waals surface area (Å²) in [7, 11) is 0. The Kier molecular flexibility index (Phi) is 6.15. The molecule has 0 atom stereocenters. The lowest BCUT2D eigenvalue weighted by Gasteiger charge is -2.19. The molecule has 12 rings (SSSR count). The second kappa shape index (κ2) is 11.1. The molecule has 0 spiro atoms. The standard InChI is InChI=1S/C50H28OS2/c1-2-13-29(14-3-1)41-28-52-50-40(41)27-43-46(38-21-10-11-24-42(38)53-43)47(50)45-34-19-8-6-17-32(34)44(33-18-7-9-20-35(33)45)39-23-12-22-36-37-26-25-30-15-4-5-16-31(30)48(37)51-49(36)39/h1-28H. The Morgan fingerprint density at radius 3 is 1.77 bits per heavy atom. The number of fused-ring (bicyclic) bond motifs is 11. The van der Waals surface area contributed by atoms with Crippen LogP contribution in [0, 0.1) is 0 Å².